The van der Waals surface area contributed by atoms with Crippen LogP contribution in [0.2, 0.25) is 64.0 Å². The van der Waals surface area contributed by atoms with E-state index in [-0.39, 0.29) is 15.9 Å². The van der Waals surface area contributed by atoms with Crippen LogP contribution in [0.3, 0.4) is 0 Å². The Hall–Kier alpha value is -1.95. The SMILES string of the molecule is CC1(C(c2ccccc2)(c2ccccc2)C2([Si](C)(C)C)C=CC([Si](C)(C)C)=C2[Si](C)(C)C)C=CC=C1. The van der Waals surface area contributed by atoms with E-state index in [2.05, 4.69) is 163 Å². The monoisotopic (exact) mass is 526 g/mol. The molecule has 0 saturated carbocycles. The minimum Gasteiger partial charge on any atom is -0.0763 e. The molecule has 1 unspecified atom stereocenters. The van der Waals surface area contributed by atoms with Crippen LogP contribution >= 0.6 is 0 Å². The molecule has 0 bridgehead atoms. The predicted octanol–water partition coefficient (Wildman–Crippen LogP) is 9.80. The third kappa shape index (κ3) is 3.81. The van der Waals surface area contributed by atoms with E-state index in [0.29, 0.717) is 0 Å². The molecule has 36 heavy (non-hydrogen) atoms. The minimum absolute atomic E-state index is 0.0590. The van der Waals surface area contributed by atoms with Crippen LogP contribution < -0.4 is 0 Å². The zero-order valence-corrected chi connectivity index (χ0v) is 27.2. The standard InChI is InChI=1S/C33H46Si3/c1-31(24-17-18-25-31)33(27-19-13-11-14-20-27,28-21-15-12-16-22-28)32(36(8,9)10)26-23-29(34(2,3)4)30(32)35(5,6)7/h11-26H,1-10H3. The first-order valence-corrected chi connectivity index (χ1v) is 24.1. The van der Waals surface area contributed by atoms with E-state index in [1.165, 1.54) is 11.1 Å². The Labute approximate surface area is 224 Å². The van der Waals surface area contributed by atoms with E-state index >= 15 is 0 Å². The van der Waals surface area contributed by atoms with Crippen LogP contribution in [-0.4, -0.2) is 24.2 Å². The molecule has 0 aliphatic heterocycles. The summed E-state index contributed by atoms with van der Waals surface area (Å²) in [5.41, 5.74) is 2.45. The third-order valence-electron chi connectivity index (χ3n) is 8.71. The van der Waals surface area contributed by atoms with Crippen LogP contribution in [0.4, 0.5) is 0 Å². The van der Waals surface area contributed by atoms with Gasteiger partial charge in [0.2, 0.25) is 0 Å². The lowest BCUT2D eigenvalue weighted by molar-refractivity contribution is 0.270. The van der Waals surface area contributed by atoms with Crippen molar-refractivity contribution in [2.45, 2.75) is 76.3 Å². The Morgan fingerprint density at radius 2 is 1.03 bits per heavy atom. The zero-order valence-electron chi connectivity index (χ0n) is 24.2. The molecule has 0 nitrogen and oxygen atoms in total. The first-order valence-electron chi connectivity index (χ1n) is 13.6. The molecule has 0 heterocycles. The van der Waals surface area contributed by atoms with Crippen molar-refractivity contribution in [1.82, 2.24) is 0 Å². The molecule has 0 saturated heterocycles. The van der Waals surface area contributed by atoms with Crippen LogP contribution in [0.5, 0.6) is 0 Å². The molecule has 2 aromatic carbocycles. The summed E-state index contributed by atoms with van der Waals surface area (Å²) in [6.07, 6.45) is 14.9. The Bertz CT molecular complexity index is 1170. The van der Waals surface area contributed by atoms with Gasteiger partial charge in [0.15, 0.2) is 0 Å². The highest BCUT2D eigenvalue weighted by atomic mass is 28.3. The Morgan fingerprint density at radius 1 is 0.583 bits per heavy atom. The molecule has 0 amide bonds. The van der Waals surface area contributed by atoms with Crippen molar-refractivity contribution in [3.63, 3.8) is 0 Å². The second-order valence-corrected chi connectivity index (χ2v) is 29.5. The topological polar surface area (TPSA) is 0 Å². The summed E-state index contributed by atoms with van der Waals surface area (Å²) >= 11 is 0. The second-order valence-electron chi connectivity index (χ2n) is 14.2. The largest absolute Gasteiger partial charge is 0.0770 e. The first-order chi connectivity index (χ1) is 16.6. The summed E-state index contributed by atoms with van der Waals surface area (Å²) in [4.78, 5) is 0. The van der Waals surface area contributed by atoms with Gasteiger partial charge < -0.3 is 0 Å². The molecule has 1 atom stereocenters. The Kier molecular flexibility index (Phi) is 6.64. The Balaban J connectivity index is 2.35. The first kappa shape index (κ1) is 27.1. The molecule has 2 aliphatic carbocycles. The second kappa shape index (κ2) is 8.82. The molecule has 3 heteroatoms. The van der Waals surface area contributed by atoms with Crippen LogP contribution in [-0.2, 0) is 5.41 Å². The lowest BCUT2D eigenvalue weighted by atomic mass is 9.51. The molecule has 2 aliphatic rings. The van der Waals surface area contributed by atoms with E-state index in [0.717, 1.165) is 0 Å². The fraction of sp³-hybridized carbons (Fsp3) is 0.394. The fourth-order valence-electron chi connectivity index (χ4n) is 7.57. The number of hydrogen-bond acceptors (Lipinski definition) is 0. The fourth-order valence-corrected chi connectivity index (χ4v) is 19.2. The molecule has 0 aromatic heterocycles. The quantitative estimate of drug-likeness (QED) is 0.315. The summed E-state index contributed by atoms with van der Waals surface area (Å²) in [6.45, 7) is 25.9. The number of hydrogen-bond donors (Lipinski definition) is 0. The summed E-state index contributed by atoms with van der Waals surface area (Å²) in [6, 6.07) is 23.1. The summed E-state index contributed by atoms with van der Waals surface area (Å²) in [7, 11) is -5.30. The molecule has 0 N–H and O–H groups in total. The van der Waals surface area contributed by atoms with Gasteiger partial charge in [-0.3, -0.25) is 0 Å². The van der Waals surface area contributed by atoms with Crippen molar-refractivity contribution >= 4 is 24.2 Å². The third-order valence-corrected chi connectivity index (χ3v) is 16.6. The van der Waals surface area contributed by atoms with Gasteiger partial charge in [-0.2, -0.15) is 0 Å². The van der Waals surface area contributed by atoms with Gasteiger partial charge in [0, 0.05) is 15.9 Å². The van der Waals surface area contributed by atoms with Crippen LogP contribution in [0, 0.1) is 5.41 Å². The van der Waals surface area contributed by atoms with Gasteiger partial charge in [-0.25, -0.2) is 0 Å². The maximum Gasteiger partial charge on any atom is 0.0770 e. The average molecular weight is 527 g/mol. The minimum atomic E-state index is -1.94. The van der Waals surface area contributed by atoms with Gasteiger partial charge in [-0.05, 0) is 11.1 Å². The highest BCUT2D eigenvalue weighted by molar-refractivity contribution is 6.94. The number of allylic oxidation sites excluding steroid dienone is 8. The lowest BCUT2D eigenvalue weighted by Gasteiger charge is -2.64. The maximum absolute atomic E-state index is 2.74. The van der Waals surface area contributed by atoms with Gasteiger partial charge in [-0.15, -0.1) is 0 Å². The number of benzene rings is 2. The lowest BCUT2D eigenvalue weighted by Crippen LogP contribution is -2.62. The van der Waals surface area contributed by atoms with Crippen molar-refractivity contribution in [2.24, 2.45) is 5.41 Å². The maximum atomic E-state index is 2.74. The zero-order chi connectivity index (χ0) is 26.6. The van der Waals surface area contributed by atoms with E-state index in [4.69, 9.17) is 0 Å². The normalized spacial score (nSPS) is 22.1. The van der Waals surface area contributed by atoms with E-state index in [1.807, 2.05) is 5.20 Å². The smallest absolute Gasteiger partial charge is 0.0763 e. The summed E-state index contributed by atoms with van der Waals surface area (Å²) in [5, 5.41) is 3.49. The highest BCUT2D eigenvalue weighted by Gasteiger charge is 2.68. The van der Waals surface area contributed by atoms with Gasteiger partial charge in [0.05, 0.1) is 24.2 Å². The average Bonchev–Trinajstić information content (AvgIpc) is 3.41. The molecular formula is C33H46Si3. The molecule has 0 spiro atoms. The van der Waals surface area contributed by atoms with E-state index in [9.17, 15) is 0 Å². The summed E-state index contributed by atoms with van der Waals surface area (Å²) < 4.78 is 0. The molecule has 2 aromatic rings. The van der Waals surface area contributed by atoms with E-state index < -0.39 is 24.2 Å². The summed E-state index contributed by atoms with van der Waals surface area (Å²) in [5.74, 6) is 0. The Morgan fingerprint density at radius 3 is 1.39 bits per heavy atom. The van der Waals surface area contributed by atoms with Gasteiger partial charge in [-0.1, -0.05) is 173 Å². The molecule has 0 radical (unpaired) electrons. The van der Waals surface area contributed by atoms with Crippen molar-refractivity contribution in [2.75, 3.05) is 0 Å². The molecule has 0 fully saturated rings. The number of rotatable bonds is 7. The van der Waals surface area contributed by atoms with Crippen LogP contribution in [0.25, 0.3) is 0 Å². The van der Waals surface area contributed by atoms with Gasteiger partial charge in [0.1, 0.15) is 0 Å². The van der Waals surface area contributed by atoms with Crippen molar-refractivity contribution in [3.8, 4) is 0 Å². The molecule has 190 valence electrons. The highest BCUT2D eigenvalue weighted by Crippen LogP contribution is 2.73. The van der Waals surface area contributed by atoms with Gasteiger partial charge in [0.25, 0.3) is 0 Å². The van der Waals surface area contributed by atoms with Crippen molar-refractivity contribution in [3.05, 3.63) is 119 Å². The molecule has 4 rings (SSSR count). The van der Waals surface area contributed by atoms with Crippen LogP contribution in [0.15, 0.2) is 108 Å². The van der Waals surface area contributed by atoms with Gasteiger partial charge >= 0.3 is 0 Å². The van der Waals surface area contributed by atoms with E-state index in [1.54, 1.807) is 5.20 Å². The van der Waals surface area contributed by atoms with Crippen LogP contribution in [0.1, 0.15) is 18.1 Å². The molecular weight excluding hydrogens is 481 g/mol. The van der Waals surface area contributed by atoms with Crippen molar-refractivity contribution in [1.29, 1.82) is 0 Å². The predicted molar refractivity (Wildman–Crippen MR) is 169 cm³/mol. The van der Waals surface area contributed by atoms with Crippen molar-refractivity contribution < 1.29 is 0 Å².